The third kappa shape index (κ3) is 2.40. The molecule has 2 aliphatic rings. The van der Waals surface area contributed by atoms with Crippen LogP contribution in [0.3, 0.4) is 0 Å². The zero-order valence-electron chi connectivity index (χ0n) is 12.3. The number of likely N-dealkylation sites (tertiary alicyclic amines) is 1. The molecule has 0 amide bonds. The summed E-state index contributed by atoms with van der Waals surface area (Å²) >= 11 is 0. The second-order valence-electron chi connectivity index (χ2n) is 5.46. The van der Waals surface area contributed by atoms with E-state index in [1.165, 1.54) is 32.4 Å². The van der Waals surface area contributed by atoms with Crippen LogP contribution in [-0.2, 0) is 0 Å². The normalized spacial score (nSPS) is 23.3. The Hall–Kier alpha value is -1.56. The van der Waals surface area contributed by atoms with Gasteiger partial charge < -0.3 is 15.0 Å². The minimum absolute atomic E-state index is 0.662. The van der Waals surface area contributed by atoms with Crippen molar-refractivity contribution in [1.29, 1.82) is 0 Å². The molecule has 3 rings (SSSR count). The van der Waals surface area contributed by atoms with E-state index in [4.69, 9.17) is 4.74 Å². The first-order valence-electron chi connectivity index (χ1n) is 7.39. The molecule has 1 aromatic heterocycles. The molecule has 1 aromatic rings. The molecule has 1 unspecified atom stereocenters. The summed E-state index contributed by atoms with van der Waals surface area (Å²) < 4.78 is 5.50. The fourth-order valence-corrected chi connectivity index (χ4v) is 3.29. The summed E-state index contributed by atoms with van der Waals surface area (Å²) in [5.74, 6) is 2.41. The highest BCUT2D eigenvalue weighted by Gasteiger charge is 2.31. The molecule has 0 spiro atoms. The number of ether oxygens (including phenoxy) is 1. The van der Waals surface area contributed by atoms with Gasteiger partial charge in [0.05, 0.1) is 7.11 Å². The molecule has 2 saturated heterocycles. The minimum atomic E-state index is 0.662. The first kappa shape index (κ1) is 13.4. The number of anilines is 2. The van der Waals surface area contributed by atoms with Gasteiger partial charge in [-0.1, -0.05) is 0 Å². The number of hydrogen-bond donors (Lipinski definition) is 1. The van der Waals surface area contributed by atoms with E-state index < -0.39 is 0 Å². The van der Waals surface area contributed by atoms with Gasteiger partial charge in [0.15, 0.2) is 11.6 Å². The van der Waals surface area contributed by atoms with E-state index in [2.05, 4.69) is 25.1 Å². The summed E-state index contributed by atoms with van der Waals surface area (Å²) in [6.07, 6.45) is 5.50. The molecule has 1 atom stereocenters. The Labute approximate surface area is 120 Å². The van der Waals surface area contributed by atoms with Crippen LogP contribution < -0.4 is 15.0 Å². The number of aromatic nitrogens is 2. The Morgan fingerprint density at radius 2 is 2.05 bits per heavy atom. The highest BCUT2D eigenvalue weighted by Crippen LogP contribution is 2.34. The lowest BCUT2D eigenvalue weighted by atomic mass is 10.2. The van der Waals surface area contributed by atoms with Gasteiger partial charge in [-0.25, -0.2) is 9.97 Å². The zero-order chi connectivity index (χ0) is 13.9. The third-order valence-electron chi connectivity index (χ3n) is 4.35. The molecule has 0 aromatic carbocycles. The molecule has 3 heterocycles. The van der Waals surface area contributed by atoms with Crippen molar-refractivity contribution in [3.8, 4) is 5.75 Å². The van der Waals surface area contributed by atoms with Crippen LogP contribution in [0.1, 0.15) is 19.3 Å². The highest BCUT2D eigenvalue weighted by atomic mass is 16.5. The van der Waals surface area contributed by atoms with Crippen LogP contribution in [0.15, 0.2) is 6.33 Å². The lowest BCUT2D eigenvalue weighted by molar-refractivity contribution is 0.260. The van der Waals surface area contributed by atoms with Crippen molar-refractivity contribution in [2.45, 2.75) is 25.3 Å². The molecule has 110 valence electrons. The number of rotatable bonds is 4. The summed E-state index contributed by atoms with van der Waals surface area (Å²) in [6, 6.07) is 0.662. The number of methoxy groups -OCH3 is 1. The zero-order valence-corrected chi connectivity index (χ0v) is 12.3. The van der Waals surface area contributed by atoms with Crippen molar-refractivity contribution >= 4 is 11.6 Å². The summed E-state index contributed by atoms with van der Waals surface area (Å²) in [7, 11) is 3.53. The average Bonchev–Trinajstić information content (AvgIpc) is 3.16. The van der Waals surface area contributed by atoms with E-state index in [0.29, 0.717) is 6.04 Å². The average molecular weight is 277 g/mol. The van der Waals surface area contributed by atoms with Crippen molar-refractivity contribution < 1.29 is 4.74 Å². The Balaban J connectivity index is 1.77. The summed E-state index contributed by atoms with van der Waals surface area (Å²) in [4.78, 5) is 13.6. The molecule has 6 heteroatoms. The van der Waals surface area contributed by atoms with Gasteiger partial charge in [-0.15, -0.1) is 0 Å². The highest BCUT2D eigenvalue weighted by molar-refractivity contribution is 5.64. The van der Waals surface area contributed by atoms with E-state index in [0.717, 1.165) is 30.5 Å². The van der Waals surface area contributed by atoms with E-state index in [-0.39, 0.29) is 0 Å². The van der Waals surface area contributed by atoms with Crippen molar-refractivity contribution in [2.24, 2.45) is 0 Å². The van der Waals surface area contributed by atoms with Gasteiger partial charge in [0.2, 0.25) is 5.75 Å². The van der Waals surface area contributed by atoms with Gasteiger partial charge in [0, 0.05) is 26.2 Å². The van der Waals surface area contributed by atoms with E-state index in [1.54, 1.807) is 13.4 Å². The maximum atomic E-state index is 5.50. The van der Waals surface area contributed by atoms with Crippen molar-refractivity contribution in [2.75, 3.05) is 50.6 Å². The quantitative estimate of drug-likeness (QED) is 0.892. The molecule has 0 radical (unpaired) electrons. The van der Waals surface area contributed by atoms with Crippen LogP contribution in [0.25, 0.3) is 0 Å². The predicted octanol–water partition coefficient (Wildman–Crippen LogP) is 1.20. The SMILES string of the molecule is CNc1ncnc(N2CCC(N3CCCC3)C2)c1OC. The van der Waals surface area contributed by atoms with Crippen LogP contribution in [-0.4, -0.2) is 61.2 Å². The second kappa shape index (κ2) is 5.83. The number of nitrogens with zero attached hydrogens (tertiary/aromatic N) is 4. The lowest BCUT2D eigenvalue weighted by Crippen LogP contribution is -2.35. The standard InChI is InChI=1S/C14H23N5O/c1-15-13-12(20-2)14(17-10-16-13)19-8-5-11(9-19)18-6-3-4-7-18/h10-11H,3-9H2,1-2H3,(H,15,16,17). The van der Waals surface area contributed by atoms with Gasteiger partial charge >= 0.3 is 0 Å². The predicted molar refractivity (Wildman–Crippen MR) is 79.6 cm³/mol. The summed E-state index contributed by atoms with van der Waals surface area (Å²) in [5, 5.41) is 3.06. The first-order valence-corrected chi connectivity index (χ1v) is 7.39. The molecule has 0 bridgehead atoms. The third-order valence-corrected chi connectivity index (χ3v) is 4.35. The number of nitrogens with one attached hydrogen (secondary N) is 1. The monoisotopic (exact) mass is 277 g/mol. The first-order chi connectivity index (χ1) is 9.83. The smallest absolute Gasteiger partial charge is 0.204 e. The van der Waals surface area contributed by atoms with Crippen LogP contribution in [0, 0.1) is 0 Å². The summed E-state index contributed by atoms with van der Waals surface area (Å²) in [5.41, 5.74) is 0. The maximum Gasteiger partial charge on any atom is 0.204 e. The van der Waals surface area contributed by atoms with E-state index >= 15 is 0 Å². The molecule has 1 N–H and O–H groups in total. The largest absolute Gasteiger partial charge is 0.490 e. The molecule has 2 fully saturated rings. The van der Waals surface area contributed by atoms with E-state index in [1.807, 2.05) is 7.05 Å². The van der Waals surface area contributed by atoms with Crippen molar-refractivity contribution in [1.82, 2.24) is 14.9 Å². The van der Waals surface area contributed by atoms with Crippen LogP contribution in [0.4, 0.5) is 11.6 Å². The molecule has 6 nitrogen and oxygen atoms in total. The van der Waals surface area contributed by atoms with Crippen molar-refractivity contribution in [3.05, 3.63) is 6.33 Å². The maximum absolute atomic E-state index is 5.50. The Bertz CT molecular complexity index is 461. The van der Waals surface area contributed by atoms with Gasteiger partial charge in [-0.3, -0.25) is 4.90 Å². The molecular weight excluding hydrogens is 254 g/mol. The van der Waals surface area contributed by atoms with Crippen LogP contribution >= 0.6 is 0 Å². The van der Waals surface area contributed by atoms with Crippen LogP contribution in [0.5, 0.6) is 5.75 Å². The van der Waals surface area contributed by atoms with Gasteiger partial charge in [0.25, 0.3) is 0 Å². The fourth-order valence-electron chi connectivity index (χ4n) is 3.29. The van der Waals surface area contributed by atoms with Gasteiger partial charge in [-0.05, 0) is 32.4 Å². The van der Waals surface area contributed by atoms with E-state index in [9.17, 15) is 0 Å². The van der Waals surface area contributed by atoms with Crippen LogP contribution in [0.2, 0.25) is 0 Å². The molecule has 0 saturated carbocycles. The molecular formula is C14H23N5O. The Kier molecular flexibility index (Phi) is 3.91. The molecule has 0 aliphatic carbocycles. The summed E-state index contributed by atoms with van der Waals surface area (Å²) in [6.45, 7) is 4.58. The molecule has 2 aliphatic heterocycles. The Morgan fingerprint density at radius 1 is 1.25 bits per heavy atom. The topological polar surface area (TPSA) is 53.5 Å². The molecule has 20 heavy (non-hydrogen) atoms. The minimum Gasteiger partial charge on any atom is -0.490 e. The second-order valence-corrected chi connectivity index (χ2v) is 5.46. The van der Waals surface area contributed by atoms with Gasteiger partial charge in [-0.2, -0.15) is 0 Å². The van der Waals surface area contributed by atoms with Crippen molar-refractivity contribution in [3.63, 3.8) is 0 Å². The lowest BCUT2D eigenvalue weighted by Gasteiger charge is -2.25. The van der Waals surface area contributed by atoms with Gasteiger partial charge in [0.1, 0.15) is 6.33 Å². The number of hydrogen-bond acceptors (Lipinski definition) is 6. The Morgan fingerprint density at radius 3 is 2.75 bits per heavy atom. The fraction of sp³-hybridized carbons (Fsp3) is 0.714.